The Morgan fingerprint density at radius 2 is 1.93 bits per heavy atom. The van der Waals surface area contributed by atoms with E-state index in [0.29, 0.717) is 6.04 Å². The number of aryl methyl sites for hydroxylation is 1. The number of rotatable bonds is 8. The molecule has 0 radical (unpaired) electrons. The van der Waals surface area contributed by atoms with Gasteiger partial charge in [-0.25, -0.2) is 0 Å². The lowest BCUT2D eigenvalue weighted by Gasteiger charge is -2.75. The number of nitrogens with zero attached hydrogens (tertiary/aromatic N) is 1. The fourth-order valence-electron chi connectivity index (χ4n) is 10.7. The monoisotopic (exact) mass is 545 g/mol. The molecule has 2 aromatic rings. The summed E-state index contributed by atoms with van der Waals surface area (Å²) < 4.78 is 13.9. The highest BCUT2D eigenvalue weighted by Crippen LogP contribution is 2.77. The van der Waals surface area contributed by atoms with Gasteiger partial charge < -0.3 is 24.8 Å². The lowest BCUT2D eigenvalue weighted by atomic mass is 9.33. The molecule has 2 aliphatic heterocycles. The third-order valence-corrected chi connectivity index (χ3v) is 12.5. The molecular formula is C34H43NO5. The van der Waals surface area contributed by atoms with Crippen LogP contribution in [0.25, 0.3) is 0 Å². The van der Waals surface area contributed by atoms with E-state index in [1.54, 1.807) is 7.11 Å². The number of hydrogen-bond donors (Lipinski definition) is 3. The topological polar surface area (TPSA) is 82.4 Å². The maximum Gasteiger partial charge on any atom is 0.138 e. The van der Waals surface area contributed by atoms with Gasteiger partial charge >= 0.3 is 0 Å². The summed E-state index contributed by atoms with van der Waals surface area (Å²) in [5.41, 5.74) is 2.58. The standard InChI is InChI=1S/C34H43NO5/c1-21-8-11-23-16-27-31-12-13-34(39-2,26(18-31)33(38,17-25(37)20-36)24-6-4-3-5-7-24)30-32(31,28(23)29(21)40-30)14-15-35(27)19-22-9-10-22/h3-8,11,22,25-27,30,36-38H,9-10,12-20H2,1-2H3/t25?,26-,27-,30-,31-,32+,33+,34-/m1/s1. The quantitative estimate of drug-likeness (QED) is 0.468. The SMILES string of the molecule is CO[C@]12CC[C@@]3(C[C@@H]1[C@](O)(CC(O)CO)c1ccccc1)[C@H]1Cc4ccc(C)c5c4[C@@]3(CCN1CC1CC1)[C@H]2O5. The largest absolute Gasteiger partial charge is 0.486 e. The zero-order chi connectivity index (χ0) is 27.5. The molecule has 2 aromatic carbocycles. The molecule has 3 N–H and O–H groups in total. The minimum absolute atomic E-state index is 0.0469. The number of methoxy groups -OCH3 is 1. The van der Waals surface area contributed by atoms with Crippen molar-refractivity contribution in [2.75, 3.05) is 26.8 Å². The third-order valence-electron chi connectivity index (χ3n) is 12.5. The molecule has 214 valence electrons. The van der Waals surface area contributed by atoms with E-state index >= 15 is 0 Å². The molecule has 5 fully saturated rings. The Kier molecular flexibility index (Phi) is 5.50. The van der Waals surface area contributed by atoms with Crippen molar-refractivity contribution in [2.45, 2.75) is 93.2 Å². The van der Waals surface area contributed by atoms with Crippen LogP contribution in [-0.2, 0) is 22.2 Å². The molecule has 0 aromatic heterocycles. The molecule has 0 amide bonds. The summed E-state index contributed by atoms with van der Waals surface area (Å²) in [5.74, 6) is 1.58. The predicted molar refractivity (Wildman–Crippen MR) is 151 cm³/mol. The Hall–Kier alpha value is -1.96. The van der Waals surface area contributed by atoms with Crippen LogP contribution in [0.3, 0.4) is 0 Å². The van der Waals surface area contributed by atoms with E-state index in [9.17, 15) is 15.3 Å². The maximum absolute atomic E-state index is 12.9. The van der Waals surface area contributed by atoms with Crippen molar-refractivity contribution < 1.29 is 24.8 Å². The Balaban J connectivity index is 1.35. The van der Waals surface area contributed by atoms with Crippen molar-refractivity contribution in [1.29, 1.82) is 0 Å². The normalized spacial score (nSPS) is 39.4. The minimum Gasteiger partial charge on any atom is -0.486 e. The second kappa shape index (κ2) is 8.54. The Morgan fingerprint density at radius 1 is 1.12 bits per heavy atom. The first-order valence-corrected chi connectivity index (χ1v) is 15.5. The van der Waals surface area contributed by atoms with Crippen molar-refractivity contribution in [1.82, 2.24) is 4.90 Å². The number of benzene rings is 2. The average molecular weight is 546 g/mol. The molecule has 6 heteroatoms. The van der Waals surface area contributed by atoms with E-state index < -0.39 is 17.3 Å². The van der Waals surface area contributed by atoms with Gasteiger partial charge in [-0.1, -0.05) is 42.5 Å². The smallest absolute Gasteiger partial charge is 0.138 e. The van der Waals surface area contributed by atoms with Gasteiger partial charge in [-0.3, -0.25) is 4.90 Å². The van der Waals surface area contributed by atoms with Gasteiger partial charge in [-0.2, -0.15) is 0 Å². The van der Waals surface area contributed by atoms with Gasteiger partial charge in [0, 0.05) is 48.4 Å². The van der Waals surface area contributed by atoms with Crippen LogP contribution >= 0.6 is 0 Å². The molecule has 2 spiro atoms. The summed E-state index contributed by atoms with van der Waals surface area (Å²) in [4.78, 5) is 2.81. The number of aliphatic hydroxyl groups is 3. The van der Waals surface area contributed by atoms with Crippen LogP contribution in [0.5, 0.6) is 5.75 Å². The first-order valence-electron chi connectivity index (χ1n) is 15.5. The molecule has 5 aliphatic carbocycles. The summed E-state index contributed by atoms with van der Waals surface area (Å²) in [5, 5.41) is 33.7. The zero-order valence-corrected chi connectivity index (χ0v) is 23.8. The Morgan fingerprint density at radius 3 is 2.65 bits per heavy atom. The van der Waals surface area contributed by atoms with Gasteiger partial charge in [-0.05, 0) is 81.0 Å². The summed E-state index contributed by atoms with van der Waals surface area (Å²) >= 11 is 0. The third kappa shape index (κ3) is 3.02. The Bertz CT molecular complexity index is 1330. The summed E-state index contributed by atoms with van der Waals surface area (Å²) in [6.07, 6.45) is 6.32. The van der Waals surface area contributed by atoms with E-state index in [4.69, 9.17) is 9.47 Å². The van der Waals surface area contributed by atoms with Crippen molar-refractivity contribution in [3.05, 3.63) is 64.7 Å². The fraction of sp³-hybridized carbons (Fsp3) is 0.647. The minimum atomic E-state index is -1.38. The van der Waals surface area contributed by atoms with Crippen LogP contribution < -0.4 is 4.74 Å². The highest BCUT2D eigenvalue weighted by atomic mass is 16.6. The zero-order valence-electron chi connectivity index (χ0n) is 23.8. The van der Waals surface area contributed by atoms with Gasteiger partial charge in [0.15, 0.2) is 0 Å². The highest BCUT2D eigenvalue weighted by molar-refractivity contribution is 5.61. The molecule has 2 heterocycles. The lowest BCUT2D eigenvalue weighted by Crippen LogP contribution is -2.82. The van der Waals surface area contributed by atoms with Crippen molar-refractivity contribution >= 4 is 0 Å². The second-order valence-corrected chi connectivity index (χ2v) is 14.0. The second-order valence-electron chi connectivity index (χ2n) is 14.0. The van der Waals surface area contributed by atoms with E-state index in [0.717, 1.165) is 55.9 Å². The number of likely N-dealkylation sites (tertiary alicyclic amines) is 1. The van der Waals surface area contributed by atoms with Crippen LogP contribution in [0.2, 0.25) is 0 Å². The average Bonchev–Trinajstić information content (AvgIpc) is 3.72. The molecule has 1 saturated heterocycles. The number of ether oxygens (including phenoxy) is 2. The van der Waals surface area contributed by atoms with Crippen LogP contribution in [-0.4, -0.2) is 70.9 Å². The van der Waals surface area contributed by atoms with E-state index in [2.05, 4.69) is 24.0 Å². The summed E-state index contributed by atoms with van der Waals surface area (Å²) in [6.45, 7) is 4.05. The molecule has 8 atom stereocenters. The molecular weight excluding hydrogens is 502 g/mol. The van der Waals surface area contributed by atoms with Crippen LogP contribution in [0.4, 0.5) is 0 Å². The Labute approximate surface area is 237 Å². The van der Waals surface area contributed by atoms with Crippen molar-refractivity contribution in [3.8, 4) is 5.75 Å². The molecule has 6 nitrogen and oxygen atoms in total. The van der Waals surface area contributed by atoms with Crippen molar-refractivity contribution in [2.24, 2.45) is 17.3 Å². The van der Waals surface area contributed by atoms with Gasteiger partial charge in [-0.15, -0.1) is 0 Å². The van der Waals surface area contributed by atoms with E-state index in [-0.39, 0.29) is 35.9 Å². The van der Waals surface area contributed by atoms with E-state index in [1.807, 2.05) is 30.3 Å². The summed E-state index contributed by atoms with van der Waals surface area (Å²) in [6, 6.07) is 14.8. The van der Waals surface area contributed by atoms with Gasteiger partial charge in [0.1, 0.15) is 17.5 Å². The number of aliphatic hydroxyl groups excluding tert-OH is 2. The number of piperidine rings is 1. The van der Waals surface area contributed by atoms with Gasteiger partial charge in [0.25, 0.3) is 0 Å². The lowest BCUT2D eigenvalue weighted by molar-refractivity contribution is -0.309. The first-order chi connectivity index (χ1) is 19.3. The molecule has 7 aliphatic rings. The fourth-order valence-corrected chi connectivity index (χ4v) is 10.7. The first kappa shape index (κ1) is 25.7. The van der Waals surface area contributed by atoms with E-state index in [1.165, 1.54) is 36.1 Å². The molecule has 4 bridgehead atoms. The van der Waals surface area contributed by atoms with Gasteiger partial charge in [0.2, 0.25) is 0 Å². The predicted octanol–water partition coefficient (Wildman–Crippen LogP) is 3.85. The van der Waals surface area contributed by atoms with Crippen LogP contribution in [0.15, 0.2) is 42.5 Å². The molecule has 40 heavy (non-hydrogen) atoms. The number of hydrogen-bond acceptors (Lipinski definition) is 6. The highest BCUT2D eigenvalue weighted by Gasteiger charge is 2.82. The van der Waals surface area contributed by atoms with Gasteiger partial charge in [0.05, 0.1) is 18.3 Å². The van der Waals surface area contributed by atoms with Crippen LogP contribution in [0.1, 0.15) is 67.2 Å². The number of fused-ring (bicyclic) bond motifs is 2. The summed E-state index contributed by atoms with van der Waals surface area (Å²) in [7, 11) is 1.80. The maximum atomic E-state index is 12.9. The molecule has 9 rings (SSSR count). The van der Waals surface area contributed by atoms with Crippen molar-refractivity contribution in [3.63, 3.8) is 0 Å². The molecule has 4 saturated carbocycles. The van der Waals surface area contributed by atoms with Crippen LogP contribution in [0, 0.1) is 24.2 Å². The molecule has 1 unspecified atom stereocenters.